The molecule has 0 aliphatic heterocycles. The van der Waals surface area contributed by atoms with Crippen molar-refractivity contribution >= 4 is 11.0 Å². The summed E-state index contributed by atoms with van der Waals surface area (Å²) in [6.07, 6.45) is 0. The maximum absolute atomic E-state index is 5.88. The van der Waals surface area contributed by atoms with Gasteiger partial charge in [-0.2, -0.15) is 0 Å². The monoisotopic (exact) mass is 233 g/mol. The molecule has 0 saturated carbocycles. The minimum absolute atomic E-state index is 0.224. The van der Waals surface area contributed by atoms with E-state index in [0.717, 1.165) is 29.0 Å². The first-order valence-corrected chi connectivity index (χ1v) is 6.14. The Morgan fingerprint density at radius 2 is 2.18 bits per heavy atom. The predicted octanol–water partition coefficient (Wildman–Crippen LogP) is 3.50. The normalized spacial score (nSPS) is 12.9. The zero-order valence-electron chi connectivity index (χ0n) is 10.6. The van der Waals surface area contributed by atoms with Gasteiger partial charge in [-0.25, -0.2) is 0 Å². The van der Waals surface area contributed by atoms with Gasteiger partial charge < -0.3 is 14.5 Å². The largest absolute Gasteiger partial charge is 0.490 e. The molecule has 0 aliphatic carbocycles. The van der Waals surface area contributed by atoms with Gasteiger partial charge in [0.05, 0.1) is 12.6 Å². The molecule has 0 radical (unpaired) electrons. The molecule has 3 heteroatoms. The number of para-hydroxylation sites is 1. The van der Waals surface area contributed by atoms with Crippen molar-refractivity contribution in [3.05, 3.63) is 30.0 Å². The standard InChI is InChI=1S/C14H19NO2/c1-4-15-10(3)13-9-11-7-6-8-12(16-5-2)14(11)17-13/h6-10,15H,4-5H2,1-3H3. The fraction of sp³-hybridized carbons (Fsp3) is 0.429. The first kappa shape index (κ1) is 12.0. The van der Waals surface area contributed by atoms with Gasteiger partial charge in [0.25, 0.3) is 0 Å². The van der Waals surface area contributed by atoms with Crippen LogP contribution in [0.5, 0.6) is 5.75 Å². The summed E-state index contributed by atoms with van der Waals surface area (Å²) in [4.78, 5) is 0. The molecule has 2 aromatic rings. The minimum Gasteiger partial charge on any atom is -0.490 e. The number of hydrogen-bond acceptors (Lipinski definition) is 3. The van der Waals surface area contributed by atoms with E-state index in [0.29, 0.717) is 6.61 Å². The van der Waals surface area contributed by atoms with Crippen LogP contribution in [0.15, 0.2) is 28.7 Å². The molecule has 0 fully saturated rings. The van der Waals surface area contributed by atoms with Crippen LogP contribution < -0.4 is 10.1 Å². The highest BCUT2D eigenvalue weighted by molar-refractivity contribution is 5.83. The highest BCUT2D eigenvalue weighted by Crippen LogP contribution is 2.30. The lowest BCUT2D eigenvalue weighted by molar-refractivity contribution is 0.336. The first-order chi connectivity index (χ1) is 8.26. The van der Waals surface area contributed by atoms with E-state index in [1.54, 1.807) is 0 Å². The van der Waals surface area contributed by atoms with Crippen LogP contribution in [-0.2, 0) is 0 Å². The Kier molecular flexibility index (Phi) is 3.69. The van der Waals surface area contributed by atoms with Crippen molar-refractivity contribution in [1.82, 2.24) is 5.32 Å². The molecular weight excluding hydrogens is 214 g/mol. The van der Waals surface area contributed by atoms with Gasteiger partial charge in [0.2, 0.25) is 0 Å². The molecule has 0 amide bonds. The second kappa shape index (κ2) is 5.23. The highest BCUT2D eigenvalue weighted by Gasteiger charge is 2.13. The van der Waals surface area contributed by atoms with Gasteiger partial charge in [0, 0.05) is 5.39 Å². The van der Waals surface area contributed by atoms with Crippen LogP contribution in [0, 0.1) is 0 Å². The van der Waals surface area contributed by atoms with E-state index in [1.165, 1.54) is 0 Å². The quantitative estimate of drug-likeness (QED) is 0.858. The number of nitrogens with one attached hydrogen (secondary N) is 1. The van der Waals surface area contributed by atoms with E-state index in [1.807, 2.05) is 25.1 Å². The van der Waals surface area contributed by atoms with Gasteiger partial charge in [-0.05, 0) is 32.5 Å². The number of rotatable bonds is 5. The van der Waals surface area contributed by atoms with Crippen molar-refractivity contribution in [2.24, 2.45) is 0 Å². The third kappa shape index (κ3) is 2.44. The van der Waals surface area contributed by atoms with Gasteiger partial charge in [0.1, 0.15) is 5.76 Å². The van der Waals surface area contributed by atoms with Crippen molar-refractivity contribution in [2.45, 2.75) is 26.8 Å². The summed E-state index contributed by atoms with van der Waals surface area (Å²) in [5.41, 5.74) is 0.842. The summed E-state index contributed by atoms with van der Waals surface area (Å²) < 4.78 is 11.4. The average molecular weight is 233 g/mol. The lowest BCUT2D eigenvalue weighted by Crippen LogP contribution is -2.16. The van der Waals surface area contributed by atoms with Gasteiger partial charge in [0.15, 0.2) is 11.3 Å². The summed E-state index contributed by atoms with van der Waals surface area (Å²) >= 11 is 0. The van der Waals surface area contributed by atoms with E-state index < -0.39 is 0 Å². The molecular formula is C14H19NO2. The highest BCUT2D eigenvalue weighted by atomic mass is 16.5. The summed E-state index contributed by atoms with van der Waals surface area (Å²) in [6, 6.07) is 8.28. The van der Waals surface area contributed by atoms with Crippen LogP contribution in [0.4, 0.5) is 0 Å². The van der Waals surface area contributed by atoms with E-state index in [-0.39, 0.29) is 6.04 Å². The number of benzene rings is 1. The van der Waals surface area contributed by atoms with Crippen LogP contribution in [-0.4, -0.2) is 13.2 Å². The summed E-state index contributed by atoms with van der Waals surface area (Å²) in [6.45, 7) is 7.74. The second-order valence-electron chi connectivity index (χ2n) is 4.04. The molecule has 0 spiro atoms. The molecule has 1 atom stereocenters. The van der Waals surface area contributed by atoms with E-state index in [4.69, 9.17) is 9.15 Å². The lowest BCUT2D eigenvalue weighted by atomic mass is 10.2. The van der Waals surface area contributed by atoms with Gasteiger partial charge in [-0.1, -0.05) is 19.1 Å². The zero-order valence-corrected chi connectivity index (χ0v) is 10.6. The van der Waals surface area contributed by atoms with Crippen LogP contribution in [0.3, 0.4) is 0 Å². The van der Waals surface area contributed by atoms with Crippen molar-refractivity contribution in [1.29, 1.82) is 0 Å². The Morgan fingerprint density at radius 3 is 2.88 bits per heavy atom. The molecule has 1 aromatic carbocycles. The summed E-state index contributed by atoms with van der Waals surface area (Å²) in [5, 5.41) is 4.43. The molecule has 1 unspecified atom stereocenters. The maximum Gasteiger partial charge on any atom is 0.176 e. The predicted molar refractivity (Wildman–Crippen MR) is 69.5 cm³/mol. The average Bonchev–Trinajstić information content (AvgIpc) is 2.75. The zero-order chi connectivity index (χ0) is 12.3. The molecule has 2 rings (SSSR count). The van der Waals surface area contributed by atoms with E-state index in [9.17, 15) is 0 Å². The third-order valence-corrected chi connectivity index (χ3v) is 2.76. The van der Waals surface area contributed by atoms with E-state index in [2.05, 4.69) is 25.2 Å². The summed E-state index contributed by atoms with van der Waals surface area (Å²) in [7, 11) is 0. The Balaban J connectivity index is 2.39. The maximum atomic E-state index is 5.88. The molecule has 1 heterocycles. The SMILES string of the molecule is CCNC(C)c1cc2cccc(OCC)c2o1. The fourth-order valence-corrected chi connectivity index (χ4v) is 1.95. The van der Waals surface area contributed by atoms with Crippen LogP contribution in [0.25, 0.3) is 11.0 Å². The van der Waals surface area contributed by atoms with Crippen molar-refractivity contribution in [3.63, 3.8) is 0 Å². The third-order valence-electron chi connectivity index (χ3n) is 2.76. The van der Waals surface area contributed by atoms with Crippen LogP contribution in [0.1, 0.15) is 32.6 Å². The van der Waals surface area contributed by atoms with Gasteiger partial charge >= 0.3 is 0 Å². The van der Waals surface area contributed by atoms with Crippen molar-refractivity contribution < 1.29 is 9.15 Å². The molecule has 1 aromatic heterocycles. The molecule has 0 bridgehead atoms. The Labute approximate surface area is 102 Å². The molecule has 0 saturated heterocycles. The molecule has 0 aliphatic rings. The number of fused-ring (bicyclic) bond motifs is 1. The van der Waals surface area contributed by atoms with E-state index >= 15 is 0 Å². The molecule has 1 N–H and O–H groups in total. The van der Waals surface area contributed by atoms with Gasteiger partial charge in [-0.15, -0.1) is 0 Å². The first-order valence-electron chi connectivity index (χ1n) is 6.14. The Morgan fingerprint density at radius 1 is 1.35 bits per heavy atom. The van der Waals surface area contributed by atoms with Crippen LogP contribution >= 0.6 is 0 Å². The molecule has 3 nitrogen and oxygen atoms in total. The number of ether oxygens (including phenoxy) is 1. The molecule has 92 valence electrons. The van der Waals surface area contributed by atoms with Crippen LogP contribution in [0.2, 0.25) is 0 Å². The Bertz CT molecular complexity index is 490. The van der Waals surface area contributed by atoms with Crippen molar-refractivity contribution in [3.8, 4) is 5.75 Å². The number of hydrogen-bond donors (Lipinski definition) is 1. The number of furan rings is 1. The van der Waals surface area contributed by atoms with Crippen molar-refractivity contribution in [2.75, 3.05) is 13.2 Å². The smallest absolute Gasteiger partial charge is 0.176 e. The fourth-order valence-electron chi connectivity index (χ4n) is 1.95. The topological polar surface area (TPSA) is 34.4 Å². The minimum atomic E-state index is 0.224. The molecule has 17 heavy (non-hydrogen) atoms. The summed E-state index contributed by atoms with van der Waals surface area (Å²) in [5.74, 6) is 1.77. The lowest BCUT2D eigenvalue weighted by Gasteiger charge is -2.08. The second-order valence-corrected chi connectivity index (χ2v) is 4.04. The Hall–Kier alpha value is -1.48. The van der Waals surface area contributed by atoms with Gasteiger partial charge in [-0.3, -0.25) is 0 Å².